The molecule has 1 aromatic heterocycles. The highest BCUT2D eigenvalue weighted by molar-refractivity contribution is 5.44. The molecule has 1 fully saturated rings. The summed E-state index contributed by atoms with van der Waals surface area (Å²) in [6, 6.07) is 6.20. The molecule has 5 rings (SSSR count). The molecule has 3 atom stereocenters. The number of aromatic nitrogens is 2. The van der Waals surface area contributed by atoms with Crippen molar-refractivity contribution in [2.75, 3.05) is 37.9 Å². The Bertz CT molecular complexity index is 1030. The number of nitrogens with one attached hydrogen (secondary N) is 1. The lowest BCUT2D eigenvalue weighted by atomic mass is 9.98. The second-order valence-electron chi connectivity index (χ2n) is 9.46. The van der Waals surface area contributed by atoms with Crippen LogP contribution in [0.15, 0.2) is 23.0 Å². The monoisotopic (exact) mass is 440 g/mol. The van der Waals surface area contributed by atoms with E-state index >= 15 is 0 Å². The smallest absolute Gasteiger partial charge is 0.255 e. The van der Waals surface area contributed by atoms with Crippen molar-refractivity contribution in [3.05, 3.63) is 45.4 Å². The van der Waals surface area contributed by atoms with Crippen molar-refractivity contribution in [3.63, 3.8) is 0 Å². The van der Waals surface area contributed by atoms with Gasteiger partial charge in [0.2, 0.25) is 12.7 Å². The molecule has 0 spiro atoms. The number of hydrogen-bond donors (Lipinski definition) is 1. The average molecular weight is 441 g/mol. The third kappa shape index (κ3) is 4.47. The van der Waals surface area contributed by atoms with Gasteiger partial charge in [-0.05, 0) is 50.3 Å². The van der Waals surface area contributed by atoms with E-state index in [4.69, 9.17) is 19.2 Å². The average Bonchev–Trinajstić information content (AvgIpc) is 3.20. The maximum Gasteiger partial charge on any atom is 0.255 e. The van der Waals surface area contributed by atoms with Crippen LogP contribution in [-0.4, -0.2) is 60.0 Å². The second kappa shape index (κ2) is 8.75. The van der Waals surface area contributed by atoms with Crippen LogP contribution in [0, 0.1) is 5.92 Å². The molecule has 1 saturated heterocycles. The highest BCUT2D eigenvalue weighted by Gasteiger charge is 2.27. The number of morpholine rings is 1. The van der Waals surface area contributed by atoms with Gasteiger partial charge in [0.25, 0.3) is 5.56 Å². The van der Waals surface area contributed by atoms with E-state index in [1.165, 1.54) is 5.56 Å². The van der Waals surface area contributed by atoms with E-state index in [1.807, 2.05) is 6.07 Å². The first-order chi connectivity index (χ1) is 15.4. The fraction of sp³-hybridized carbons (Fsp3) is 0.583. The molecule has 172 valence electrons. The zero-order valence-corrected chi connectivity index (χ0v) is 19.1. The van der Waals surface area contributed by atoms with Gasteiger partial charge in [-0.1, -0.05) is 13.0 Å². The molecule has 8 heteroatoms. The molecule has 8 nitrogen and oxygen atoms in total. The van der Waals surface area contributed by atoms with Gasteiger partial charge in [0.05, 0.1) is 17.9 Å². The molecule has 3 aliphatic rings. The highest BCUT2D eigenvalue weighted by atomic mass is 16.7. The number of rotatable bonds is 5. The van der Waals surface area contributed by atoms with Crippen LogP contribution in [0.3, 0.4) is 0 Å². The number of benzene rings is 1. The zero-order chi connectivity index (χ0) is 22.2. The summed E-state index contributed by atoms with van der Waals surface area (Å²) in [5, 5.41) is 0. The summed E-state index contributed by atoms with van der Waals surface area (Å²) in [5.74, 6) is 2.81. The van der Waals surface area contributed by atoms with Crippen LogP contribution >= 0.6 is 0 Å². The van der Waals surface area contributed by atoms with Gasteiger partial charge in [-0.3, -0.25) is 14.7 Å². The summed E-state index contributed by atoms with van der Waals surface area (Å²) in [6.45, 7) is 10.7. The van der Waals surface area contributed by atoms with E-state index < -0.39 is 0 Å². The van der Waals surface area contributed by atoms with Crippen molar-refractivity contribution < 1.29 is 14.2 Å². The molecule has 0 aliphatic carbocycles. The number of hydrogen-bond acceptors (Lipinski definition) is 7. The number of nitrogens with zero attached hydrogens (tertiary/aromatic N) is 3. The normalized spacial score (nSPS) is 23.8. The molecule has 32 heavy (non-hydrogen) atoms. The SMILES string of the molecule is C[C@H](Cc1ccc2c(c1)OCO2)CN1CCc2c(nc(N3C[C@@H](C)O[C@@H](C)C3)[nH]c2=O)C1. The van der Waals surface area contributed by atoms with E-state index in [9.17, 15) is 4.79 Å². The van der Waals surface area contributed by atoms with Crippen LogP contribution in [0.25, 0.3) is 0 Å². The van der Waals surface area contributed by atoms with E-state index in [0.717, 1.165) is 61.8 Å². The molecule has 0 amide bonds. The van der Waals surface area contributed by atoms with Gasteiger partial charge in [-0.2, -0.15) is 0 Å². The van der Waals surface area contributed by atoms with Crippen molar-refractivity contribution in [2.45, 2.75) is 52.4 Å². The van der Waals surface area contributed by atoms with Crippen molar-refractivity contribution >= 4 is 5.95 Å². The van der Waals surface area contributed by atoms with E-state index in [0.29, 0.717) is 25.2 Å². The van der Waals surface area contributed by atoms with E-state index in [1.54, 1.807) is 0 Å². The van der Waals surface area contributed by atoms with E-state index in [-0.39, 0.29) is 17.8 Å². The predicted molar refractivity (Wildman–Crippen MR) is 121 cm³/mol. The van der Waals surface area contributed by atoms with Gasteiger partial charge >= 0.3 is 0 Å². The molecule has 0 saturated carbocycles. The summed E-state index contributed by atoms with van der Waals surface area (Å²) in [7, 11) is 0. The number of anilines is 1. The lowest BCUT2D eigenvalue weighted by molar-refractivity contribution is -0.00576. The summed E-state index contributed by atoms with van der Waals surface area (Å²) >= 11 is 0. The van der Waals surface area contributed by atoms with Crippen LogP contribution in [0.4, 0.5) is 5.95 Å². The minimum Gasteiger partial charge on any atom is -0.454 e. The fourth-order valence-corrected chi connectivity index (χ4v) is 5.11. The molecular formula is C24H32N4O4. The van der Waals surface area contributed by atoms with Gasteiger partial charge in [-0.25, -0.2) is 4.98 Å². The summed E-state index contributed by atoms with van der Waals surface area (Å²) in [5.41, 5.74) is 3.01. The molecule has 0 unspecified atom stereocenters. The quantitative estimate of drug-likeness (QED) is 0.765. The fourth-order valence-electron chi connectivity index (χ4n) is 5.11. The second-order valence-corrected chi connectivity index (χ2v) is 9.46. The Hall–Kier alpha value is -2.58. The van der Waals surface area contributed by atoms with Gasteiger partial charge in [-0.15, -0.1) is 0 Å². The Morgan fingerprint density at radius 3 is 2.78 bits per heavy atom. The molecule has 1 aromatic carbocycles. The number of ether oxygens (including phenoxy) is 3. The van der Waals surface area contributed by atoms with Crippen molar-refractivity contribution in [2.24, 2.45) is 5.92 Å². The predicted octanol–water partition coefficient (Wildman–Crippen LogP) is 2.35. The first-order valence-electron chi connectivity index (χ1n) is 11.6. The van der Waals surface area contributed by atoms with Crippen LogP contribution in [0.2, 0.25) is 0 Å². The largest absolute Gasteiger partial charge is 0.454 e. The van der Waals surface area contributed by atoms with Crippen molar-refractivity contribution in [1.29, 1.82) is 0 Å². The Kier molecular flexibility index (Phi) is 5.82. The Morgan fingerprint density at radius 1 is 1.19 bits per heavy atom. The van der Waals surface area contributed by atoms with Gasteiger partial charge in [0.15, 0.2) is 11.5 Å². The lowest BCUT2D eigenvalue weighted by Crippen LogP contribution is -2.47. The Labute approximate surface area is 188 Å². The van der Waals surface area contributed by atoms with Crippen molar-refractivity contribution in [3.8, 4) is 11.5 Å². The third-order valence-corrected chi connectivity index (χ3v) is 6.45. The summed E-state index contributed by atoms with van der Waals surface area (Å²) in [6.07, 6.45) is 1.95. The molecule has 1 N–H and O–H groups in total. The van der Waals surface area contributed by atoms with Crippen LogP contribution in [-0.2, 0) is 24.1 Å². The highest BCUT2D eigenvalue weighted by Crippen LogP contribution is 2.33. The molecule has 4 heterocycles. The van der Waals surface area contributed by atoms with Gasteiger partial charge in [0.1, 0.15) is 0 Å². The van der Waals surface area contributed by atoms with Crippen molar-refractivity contribution in [1.82, 2.24) is 14.9 Å². The first-order valence-corrected chi connectivity index (χ1v) is 11.6. The van der Waals surface area contributed by atoms with Crippen LogP contribution in [0.5, 0.6) is 11.5 Å². The molecule has 0 bridgehead atoms. The standard InChI is InChI=1S/C24H32N4O4/c1-15(8-18-4-5-21-22(9-18)31-14-30-21)10-27-7-6-19-20(13-27)25-24(26-23(19)29)28-11-16(2)32-17(3)12-28/h4-5,9,15-17H,6-8,10-14H2,1-3H3,(H,25,26,29)/t15-,16-,17+/m1/s1. The number of aromatic amines is 1. The summed E-state index contributed by atoms with van der Waals surface area (Å²) in [4.78, 5) is 25.2. The zero-order valence-electron chi connectivity index (χ0n) is 19.1. The lowest BCUT2D eigenvalue weighted by Gasteiger charge is -2.36. The maximum absolute atomic E-state index is 12.8. The van der Waals surface area contributed by atoms with Crippen LogP contribution in [0.1, 0.15) is 37.6 Å². The molecule has 0 radical (unpaired) electrons. The topological polar surface area (TPSA) is 79.9 Å². The van der Waals surface area contributed by atoms with E-state index in [2.05, 4.69) is 47.7 Å². The third-order valence-electron chi connectivity index (χ3n) is 6.45. The minimum atomic E-state index is 0.00450. The maximum atomic E-state index is 12.8. The summed E-state index contributed by atoms with van der Waals surface area (Å²) < 4.78 is 16.8. The van der Waals surface area contributed by atoms with Gasteiger partial charge in [0, 0.05) is 38.3 Å². The first kappa shape index (κ1) is 21.3. The van der Waals surface area contributed by atoms with Crippen LogP contribution < -0.4 is 19.9 Å². The molecule has 3 aliphatic heterocycles. The number of fused-ring (bicyclic) bond motifs is 2. The Morgan fingerprint density at radius 2 is 1.97 bits per heavy atom. The Balaban J connectivity index is 1.25. The molecule has 2 aromatic rings. The number of H-pyrrole nitrogens is 1. The minimum absolute atomic E-state index is 0.00450. The molecular weight excluding hydrogens is 408 g/mol. The van der Waals surface area contributed by atoms with Gasteiger partial charge < -0.3 is 19.1 Å².